The summed E-state index contributed by atoms with van der Waals surface area (Å²) in [6, 6.07) is 0. The molecule has 0 aromatic heterocycles. The Balaban J connectivity index is 1.63. The highest BCUT2D eigenvalue weighted by atomic mass is 16.7. The summed E-state index contributed by atoms with van der Waals surface area (Å²) in [5.41, 5.74) is 0.124. The fraction of sp³-hybridized carbons (Fsp3) is 1.00. The summed E-state index contributed by atoms with van der Waals surface area (Å²) < 4.78 is 11.6. The Morgan fingerprint density at radius 2 is 1.58 bits per heavy atom. The number of hydrogen-bond acceptors (Lipinski definition) is 3. The molecule has 0 unspecified atom stereocenters. The van der Waals surface area contributed by atoms with E-state index in [2.05, 4.69) is 13.8 Å². The number of aliphatic hydroxyl groups is 1. The van der Waals surface area contributed by atoms with Gasteiger partial charge in [0.1, 0.15) is 0 Å². The monoisotopic (exact) mass is 336 g/mol. The van der Waals surface area contributed by atoms with Gasteiger partial charge in [0.15, 0.2) is 5.79 Å². The van der Waals surface area contributed by atoms with Crippen molar-refractivity contribution in [3.63, 3.8) is 0 Å². The lowest BCUT2D eigenvalue weighted by Gasteiger charge is -2.64. The number of fused-ring (bicyclic) bond motifs is 5. The van der Waals surface area contributed by atoms with Crippen LogP contribution in [0.15, 0.2) is 0 Å². The van der Waals surface area contributed by atoms with Crippen LogP contribution < -0.4 is 0 Å². The first kappa shape index (κ1) is 17.3. The third-order valence-corrected chi connectivity index (χ3v) is 9.39. The van der Waals surface area contributed by atoms with Crippen molar-refractivity contribution in [2.24, 2.45) is 28.6 Å². The summed E-state index contributed by atoms with van der Waals surface area (Å²) >= 11 is 0. The first-order chi connectivity index (χ1) is 11.3. The summed E-state index contributed by atoms with van der Waals surface area (Å²) in [6.07, 6.45) is 11.6. The van der Waals surface area contributed by atoms with Gasteiger partial charge in [0.25, 0.3) is 0 Å². The minimum atomic E-state index is -0.402. The van der Waals surface area contributed by atoms with Crippen molar-refractivity contribution in [2.45, 2.75) is 89.4 Å². The molecule has 6 atom stereocenters. The standard InChI is InChI=1S/C21H36O3/c1-18-9-5-10-21(18,22)17-7-6-15-14-20(23-3,24-4)13-12-19(15,2)16(17)8-11-18/h15-17,22H,5-14H2,1-4H3/t15-,16-,17+,18-,19-,21+/m0/s1. The molecule has 4 rings (SSSR count). The molecule has 3 heteroatoms. The van der Waals surface area contributed by atoms with Crippen LogP contribution in [0.2, 0.25) is 0 Å². The third-order valence-electron chi connectivity index (χ3n) is 9.39. The fourth-order valence-corrected chi connectivity index (χ4v) is 7.61. The zero-order valence-electron chi connectivity index (χ0n) is 16.1. The quantitative estimate of drug-likeness (QED) is 0.753. The predicted octanol–water partition coefficient (Wildman–Crippen LogP) is 4.52. The summed E-state index contributed by atoms with van der Waals surface area (Å²) in [7, 11) is 3.59. The van der Waals surface area contributed by atoms with Crippen LogP contribution in [0.1, 0.15) is 78.1 Å². The number of rotatable bonds is 2. The lowest BCUT2D eigenvalue weighted by atomic mass is 9.44. The van der Waals surface area contributed by atoms with Crippen molar-refractivity contribution in [2.75, 3.05) is 14.2 Å². The van der Waals surface area contributed by atoms with E-state index in [1.807, 2.05) is 0 Å². The lowest BCUT2D eigenvalue weighted by Crippen LogP contribution is -2.62. The minimum Gasteiger partial charge on any atom is -0.389 e. The smallest absolute Gasteiger partial charge is 0.167 e. The van der Waals surface area contributed by atoms with E-state index in [1.165, 1.54) is 44.9 Å². The van der Waals surface area contributed by atoms with Crippen LogP contribution in [-0.2, 0) is 9.47 Å². The molecule has 4 aliphatic rings. The molecule has 0 saturated heterocycles. The van der Waals surface area contributed by atoms with Gasteiger partial charge in [-0.2, -0.15) is 0 Å². The van der Waals surface area contributed by atoms with E-state index in [0.29, 0.717) is 23.2 Å². The molecule has 24 heavy (non-hydrogen) atoms. The molecular formula is C21H36O3. The highest BCUT2D eigenvalue weighted by molar-refractivity contribution is 5.15. The topological polar surface area (TPSA) is 38.7 Å². The summed E-state index contributed by atoms with van der Waals surface area (Å²) in [5, 5.41) is 11.7. The summed E-state index contributed by atoms with van der Waals surface area (Å²) in [6.45, 7) is 4.89. The molecular weight excluding hydrogens is 300 g/mol. The van der Waals surface area contributed by atoms with Crippen LogP contribution in [0.5, 0.6) is 0 Å². The van der Waals surface area contributed by atoms with Gasteiger partial charge in [-0.25, -0.2) is 0 Å². The molecule has 0 aliphatic heterocycles. The molecule has 0 bridgehead atoms. The van der Waals surface area contributed by atoms with Gasteiger partial charge in [0.2, 0.25) is 0 Å². The molecule has 138 valence electrons. The van der Waals surface area contributed by atoms with Gasteiger partial charge in [-0.15, -0.1) is 0 Å². The molecule has 4 fully saturated rings. The SMILES string of the molecule is COC1(OC)CC[C@@]2(C)[C@@H](CC[C@@H]3[C@@H]2CC[C@]2(C)CCC[C@@]32O)C1. The minimum absolute atomic E-state index is 0.175. The maximum atomic E-state index is 11.7. The molecule has 4 saturated carbocycles. The Kier molecular flexibility index (Phi) is 3.92. The van der Waals surface area contributed by atoms with Crippen molar-refractivity contribution in [3.05, 3.63) is 0 Å². The Bertz CT molecular complexity index is 501. The number of hydrogen-bond donors (Lipinski definition) is 1. The zero-order valence-corrected chi connectivity index (χ0v) is 16.1. The second-order valence-corrected chi connectivity index (χ2v) is 9.89. The average Bonchev–Trinajstić information content (AvgIpc) is 2.90. The first-order valence-corrected chi connectivity index (χ1v) is 10.2. The molecule has 0 aromatic rings. The highest BCUT2D eigenvalue weighted by Gasteiger charge is 2.65. The second kappa shape index (κ2) is 5.44. The number of methoxy groups -OCH3 is 2. The maximum absolute atomic E-state index is 11.7. The second-order valence-electron chi connectivity index (χ2n) is 9.89. The van der Waals surface area contributed by atoms with E-state index in [9.17, 15) is 5.11 Å². The molecule has 0 radical (unpaired) electrons. The molecule has 0 heterocycles. The van der Waals surface area contributed by atoms with Crippen molar-refractivity contribution >= 4 is 0 Å². The van der Waals surface area contributed by atoms with Gasteiger partial charge in [-0.1, -0.05) is 13.8 Å². The van der Waals surface area contributed by atoms with Crippen LogP contribution in [0.3, 0.4) is 0 Å². The average molecular weight is 337 g/mol. The predicted molar refractivity (Wildman–Crippen MR) is 94.6 cm³/mol. The van der Waals surface area contributed by atoms with E-state index in [1.54, 1.807) is 14.2 Å². The normalized spacial score (nSPS) is 53.1. The molecule has 3 nitrogen and oxygen atoms in total. The Hall–Kier alpha value is -0.120. The van der Waals surface area contributed by atoms with Crippen LogP contribution >= 0.6 is 0 Å². The molecule has 4 aliphatic carbocycles. The van der Waals surface area contributed by atoms with Gasteiger partial charge in [0, 0.05) is 27.1 Å². The number of ether oxygens (including phenoxy) is 2. The largest absolute Gasteiger partial charge is 0.389 e. The lowest BCUT2D eigenvalue weighted by molar-refractivity contribution is -0.270. The van der Waals surface area contributed by atoms with E-state index in [-0.39, 0.29) is 11.2 Å². The van der Waals surface area contributed by atoms with Crippen LogP contribution in [0, 0.1) is 28.6 Å². The van der Waals surface area contributed by atoms with Crippen molar-refractivity contribution in [1.82, 2.24) is 0 Å². The fourth-order valence-electron chi connectivity index (χ4n) is 7.61. The Morgan fingerprint density at radius 1 is 0.833 bits per heavy atom. The van der Waals surface area contributed by atoms with Crippen LogP contribution in [-0.4, -0.2) is 30.7 Å². The van der Waals surface area contributed by atoms with Gasteiger partial charge in [-0.3, -0.25) is 0 Å². The maximum Gasteiger partial charge on any atom is 0.167 e. The molecule has 1 N–H and O–H groups in total. The van der Waals surface area contributed by atoms with Gasteiger partial charge >= 0.3 is 0 Å². The highest BCUT2D eigenvalue weighted by Crippen LogP contribution is 2.68. The molecule has 0 amide bonds. The third kappa shape index (κ3) is 2.07. The van der Waals surface area contributed by atoms with Crippen molar-refractivity contribution < 1.29 is 14.6 Å². The summed E-state index contributed by atoms with van der Waals surface area (Å²) in [5.74, 6) is 1.49. The van der Waals surface area contributed by atoms with Gasteiger partial charge < -0.3 is 14.6 Å². The van der Waals surface area contributed by atoms with E-state index >= 15 is 0 Å². The van der Waals surface area contributed by atoms with Crippen molar-refractivity contribution in [1.29, 1.82) is 0 Å². The van der Waals surface area contributed by atoms with Crippen molar-refractivity contribution in [3.8, 4) is 0 Å². The van der Waals surface area contributed by atoms with Gasteiger partial charge in [-0.05, 0) is 80.0 Å². The molecule has 0 spiro atoms. The zero-order chi connectivity index (χ0) is 17.2. The Labute approximate surface area is 147 Å². The molecule has 0 aromatic carbocycles. The van der Waals surface area contributed by atoms with E-state index < -0.39 is 5.60 Å². The van der Waals surface area contributed by atoms with Gasteiger partial charge in [0.05, 0.1) is 5.60 Å². The first-order valence-electron chi connectivity index (χ1n) is 10.2. The van der Waals surface area contributed by atoms with Crippen LogP contribution in [0.25, 0.3) is 0 Å². The summed E-state index contributed by atoms with van der Waals surface area (Å²) in [4.78, 5) is 0. The van der Waals surface area contributed by atoms with E-state index in [0.717, 1.165) is 19.3 Å². The Morgan fingerprint density at radius 3 is 2.29 bits per heavy atom. The van der Waals surface area contributed by atoms with Crippen LogP contribution in [0.4, 0.5) is 0 Å². The van der Waals surface area contributed by atoms with E-state index in [4.69, 9.17) is 9.47 Å².